The number of nitrogens with one attached hydrogen (secondary N) is 1. The first-order valence-corrected chi connectivity index (χ1v) is 8.00. The number of halogens is 1. The molecule has 6 heteroatoms. The van der Waals surface area contributed by atoms with Gasteiger partial charge in [-0.1, -0.05) is 19.9 Å². The number of carbonyl (C=O) groups is 2. The highest BCUT2D eigenvalue weighted by molar-refractivity contribution is 14.1. The van der Waals surface area contributed by atoms with Gasteiger partial charge >= 0.3 is 11.9 Å². The Morgan fingerprint density at radius 1 is 1.18 bits per heavy atom. The van der Waals surface area contributed by atoms with E-state index in [1.807, 2.05) is 12.1 Å². The number of benzene rings is 1. The smallest absolute Gasteiger partial charge is 0.350 e. The van der Waals surface area contributed by atoms with E-state index in [9.17, 15) is 9.59 Å². The number of esters is 2. The molecule has 0 aliphatic carbocycles. The van der Waals surface area contributed by atoms with Crippen LogP contribution in [0.25, 0.3) is 0 Å². The Hall–Kier alpha value is -1.57. The van der Waals surface area contributed by atoms with Crippen LogP contribution in [0.2, 0.25) is 0 Å². The minimum Gasteiger partial charge on any atom is -0.419 e. The molecule has 0 aromatic heterocycles. The van der Waals surface area contributed by atoms with Crippen molar-refractivity contribution in [2.75, 3.05) is 5.32 Å². The number of hydrogen-bond acceptors (Lipinski definition) is 5. The van der Waals surface area contributed by atoms with Crippen molar-refractivity contribution in [2.45, 2.75) is 39.4 Å². The van der Waals surface area contributed by atoms with Gasteiger partial charge in [0.15, 0.2) is 5.57 Å². The monoisotopic (exact) mass is 415 g/mol. The van der Waals surface area contributed by atoms with Gasteiger partial charge in [0, 0.05) is 23.6 Å². The first-order valence-electron chi connectivity index (χ1n) is 6.92. The standard InChI is InChI=1S/C16H18INO4/c1-9(2)10-5-6-13(12(17)7-10)18-8-11-14(19)21-16(3,4)22-15(11)20/h5-9,18H,1-4H3. The van der Waals surface area contributed by atoms with Gasteiger partial charge < -0.3 is 14.8 Å². The Morgan fingerprint density at radius 3 is 2.27 bits per heavy atom. The average Bonchev–Trinajstić information content (AvgIpc) is 2.37. The lowest BCUT2D eigenvalue weighted by Crippen LogP contribution is -2.42. The minimum absolute atomic E-state index is 0.150. The lowest BCUT2D eigenvalue weighted by Gasteiger charge is -2.29. The number of anilines is 1. The van der Waals surface area contributed by atoms with E-state index in [1.54, 1.807) is 0 Å². The summed E-state index contributed by atoms with van der Waals surface area (Å²) in [5, 5.41) is 2.97. The zero-order valence-corrected chi connectivity index (χ0v) is 15.1. The molecule has 0 radical (unpaired) electrons. The second-order valence-electron chi connectivity index (χ2n) is 5.78. The summed E-state index contributed by atoms with van der Waals surface area (Å²) in [5.41, 5.74) is 1.88. The zero-order chi connectivity index (χ0) is 16.5. The summed E-state index contributed by atoms with van der Waals surface area (Å²) in [6.07, 6.45) is 1.33. The normalized spacial score (nSPS) is 17.1. The fourth-order valence-corrected chi connectivity index (χ4v) is 2.63. The van der Waals surface area contributed by atoms with Gasteiger partial charge in [-0.3, -0.25) is 0 Å². The Kier molecular flexibility index (Phi) is 4.79. The van der Waals surface area contributed by atoms with E-state index in [-0.39, 0.29) is 5.57 Å². The van der Waals surface area contributed by atoms with Crippen LogP contribution in [-0.4, -0.2) is 17.7 Å². The van der Waals surface area contributed by atoms with Gasteiger partial charge in [0.25, 0.3) is 5.79 Å². The molecule has 0 saturated carbocycles. The first kappa shape index (κ1) is 16.8. The molecule has 1 saturated heterocycles. The molecule has 1 aromatic rings. The number of ether oxygens (including phenoxy) is 2. The third kappa shape index (κ3) is 3.79. The summed E-state index contributed by atoms with van der Waals surface area (Å²) in [6.45, 7) is 7.27. The molecule has 0 atom stereocenters. The number of cyclic esters (lactones) is 2. The van der Waals surface area contributed by atoms with Gasteiger partial charge in [-0.2, -0.15) is 0 Å². The van der Waals surface area contributed by atoms with E-state index in [1.165, 1.54) is 25.6 Å². The van der Waals surface area contributed by atoms with Crippen molar-refractivity contribution >= 4 is 40.2 Å². The highest BCUT2D eigenvalue weighted by Crippen LogP contribution is 2.26. The van der Waals surface area contributed by atoms with E-state index in [2.05, 4.69) is 47.8 Å². The van der Waals surface area contributed by atoms with Gasteiger partial charge in [0.1, 0.15) is 0 Å². The molecule has 2 rings (SSSR count). The van der Waals surface area contributed by atoms with Crippen molar-refractivity contribution < 1.29 is 19.1 Å². The van der Waals surface area contributed by atoms with Crippen LogP contribution in [0.1, 0.15) is 39.2 Å². The van der Waals surface area contributed by atoms with E-state index in [0.29, 0.717) is 5.92 Å². The predicted molar refractivity (Wildman–Crippen MR) is 91.2 cm³/mol. The molecular formula is C16H18INO4. The Balaban J connectivity index is 2.18. The number of rotatable bonds is 3. The van der Waals surface area contributed by atoms with Gasteiger partial charge in [0.2, 0.25) is 0 Å². The summed E-state index contributed by atoms with van der Waals surface area (Å²) in [4.78, 5) is 23.7. The Bertz CT molecular complexity index is 628. The van der Waals surface area contributed by atoms with Gasteiger partial charge in [-0.25, -0.2) is 9.59 Å². The zero-order valence-electron chi connectivity index (χ0n) is 12.9. The predicted octanol–water partition coefficient (Wildman–Crippen LogP) is 3.55. The fraction of sp³-hybridized carbons (Fsp3) is 0.375. The molecule has 1 aliphatic heterocycles. The van der Waals surface area contributed by atoms with Gasteiger partial charge in [-0.05, 0) is 46.2 Å². The summed E-state index contributed by atoms with van der Waals surface area (Å²) < 4.78 is 11.1. The first-order chi connectivity index (χ1) is 10.2. The van der Waals surface area contributed by atoms with Gasteiger partial charge in [-0.15, -0.1) is 0 Å². The van der Waals surface area contributed by atoms with Crippen molar-refractivity contribution in [3.63, 3.8) is 0 Å². The SMILES string of the molecule is CC(C)c1ccc(NC=C2C(=O)OC(C)(C)OC2=O)c(I)c1. The molecule has 0 unspecified atom stereocenters. The van der Waals surface area contributed by atoms with Crippen LogP contribution in [0, 0.1) is 3.57 Å². The van der Waals surface area contributed by atoms with Crippen LogP contribution in [0.3, 0.4) is 0 Å². The molecule has 22 heavy (non-hydrogen) atoms. The molecule has 0 amide bonds. The molecule has 1 aliphatic rings. The van der Waals surface area contributed by atoms with Crippen LogP contribution in [-0.2, 0) is 19.1 Å². The highest BCUT2D eigenvalue weighted by atomic mass is 127. The van der Waals surface area contributed by atoms with Crippen LogP contribution in [0.4, 0.5) is 5.69 Å². The van der Waals surface area contributed by atoms with Crippen molar-refractivity contribution in [3.05, 3.63) is 39.1 Å². The van der Waals surface area contributed by atoms with Crippen molar-refractivity contribution in [3.8, 4) is 0 Å². The second kappa shape index (κ2) is 6.28. The average molecular weight is 415 g/mol. The molecule has 0 bridgehead atoms. The number of hydrogen-bond donors (Lipinski definition) is 1. The molecule has 5 nitrogen and oxygen atoms in total. The van der Waals surface area contributed by atoms with E-state index in [0.717, 1.165) is 9.26 Å². The summed E-state index contributed by atoms with van der Waals surface area (Å²) in [5.74, 6) is -2.17. The molecular weight excluding hydrogens is 397 g/mol. The van der Waals surface area contributed by atoms with E-state index < -0.39 is 17.7 Å². The van der Waals surface area contributed by atoms with Crippen molar-refractivity contribution in [1.82, 2.24) is 0 Å². The fourth-order valence-electron chi connectivity index (χ4n) is 1.94. The quantitative estimate of drug-likeness (QED) is 0.354. The third-order valence-electron chi connectivity index (χ3n) is 3.15. The maximum atomic E-state index is 11.8. The lowest BCUT2D eigenvalue weighted by molar-refractivity contribution is -0.222. The lowest BCUT2D eigenvalue weighted by atomic mass is 10.0. The molecule has 1 heterocycles. The van der Waals surface area contributed by atoms with Crippen LogP contribution >= 0.6 is 22.6 Å². The van der Waals surface area contributed by atoms with Crippen LogP contribution < -0.4 is 5.32 Å². The number of carbonyl (C=O) groups excluding carboxylic acids is 2. The topological polar surface area (TPSA) is 64.6 Å². The van der Waals surface area contributed by atoms with E-state index in [4.69, 9.17) is 9.47 Å². The molecule has 0 spiro atoms. The van der Waals surface area contributed by atoms with Crippen molar-refractivity contribution in [1.29, 1.82) is 0 Å². The maximum Gasteiger partial charge on any atom is 0.350 e. The summed E-state index contributed by atoms with van der Waals surface area (Å²) >= 11 is 2.21. The molecule has 1 N–H and O–H groups in total. The molecule has 118 valence electrons. The Labute approximate surface area is 143 Å². The van der Waals surface area contributed by atoms with Gasteiger partial charge in [0.05, 0.1) is 5.69 Å². The van der Waals surface area contributed by atoms with E-state index >= 15 is 0 Å². The third-order valence-corrected chi connectivity index (χ3v) is 4.04. The van der Waals surface area contributed by atoms with Crippen LogP contribution in [0.5, 0.6) is 0 Å². The van der Waals surface area contributed by atoms with Crippen LogP contribution in [0.15, 0.2) is 30.0 Å². The second-order valence-corrected chi connectivity index (χ2v) is 6.94. The largest absolute Gasteiger partial charge is 0.419 e. The Morgan fingerprint density at radius 2 is 1.77 bits per heavy atom. The minimum atomic E-state index is -1.22. The summed E-state index contributed by atoms with van der Waals surface area (Å²) in [6, 6.07) is 5.98. The molecule has 1 fully saturated rings. The van der Waals surface area contributed by atoms with Crippen molar-refractivity contribution in [2.24, 2.45) is 0 Å². The highest BCUT2D eigenvalue weighted by Gasteiger charge is 2.38. The maximum absolute atomic E-state index is 11.8. The molecule has 1 aromatic carbocycles. The summed E-state index contributed by atoms with van der Waals surface area (Å²) in [7, 11) is 0.